The molecule has 0 aliphatic carbocycles. The largest absolute Gasteiger partial charge is 0.271 e. The van der Waals surface area contributed by atoms with Gasteiger partial charge in [-0.1, -0.05) is 0 Å². The van der Waals surface area contributed by atoms with Crippen LogP contribution in [0.25, 0.3) is 0 Å². The SMILES string of the molecule is CC(C)(CC(S)C#N)NN. The molecule has 3 nitrogen and oxygen atoms in total. The van der Waals surface area contributed by atoms with Gasteiger partial charge in [-0.05, 0) is 20.3 Å². The van der Waals surface area contributed by atoms with Crippen molar-refractivity contribution >= 4 is 12.6 Å². The number of hydrogen-bond acceptors (Lipinski definition) is 4. The summed E-state index contributed by atoms with van der Waals surface area (Å²) in [6, 6.07) is 2.02. The lowest BCUT2D eigenvalue weighted by Crippen LogP contribution is -2.45. The van der Waals surface area contributed by atoms with Crippen molar-refractivity contribution in [2.24, 2.45) is 5.84 Å². The van der Waals surface area contributed by atoms with Gasteiger partial charge in [-0.3, -0.25) is 11.3 Å². The van der Waals surface area contributed by atoms with Crippen LogP contribution in [0.15, 0.2) is 0 Å². The number of nitriles is 1. The standard InChI is InChI=1S/C6H13N3S/c1-6(2,9-8)3-5(10)4-7/h5,9-10H,3,8H2,1-2H3. The second-order valence-corrected chi connectivity index (χ2v) is 3.50. The smallest absolute Gasteiger partial charge is 0.0904 e. The highest BCUT2D eigenvalue weighted by Crippen LogP contribution is 2.12. The van der Waals surface area contributed by atoms with Crippen molar-refractivity contribution in [2.75, 3.05) is 0 Å². The van der Waals surface area contributed by atoms with Crippen LogP contribution in [0.1, 0.15) is 20.3 Å². The van der Waals surface area contributed by atoms with Crippen molar-refractivity contribution in [1.82, 2.24) is 5.43 Å². The van der Waals surface area contributed by atoms with Crippen LogP contribution in [0.2, 0.25) is 0 Å². The Balaban J connectivity index is 3.79. The Morgan fingerprint density at radius 1 is 1.80 bits per heavy atom. The predicted octanol–water partition coefficient (Wildman–Crippen LogP) is 0.440. The maximum atomic E-state index is 8.40. The number of nitrogens with zero attached hydrogens (tertiary/aromatic N) is 1. The number of hydrazine groups is 1. The summed E-state index contributed by atoms with van der Waals surface area (Å²) in [5.74, 6) is 5.22. The summed E-state index contributed by atoms with van der Waals surface area (Å²) in [6.07, 6.45) is 0.642. The topological polar surface area (TPSA) is 61.8 Å². The zero-order chi connectivity index (χ0) is 8.20. The lowest BCUT2D eigenvalue weighted by Gasteiger charge is -2.23. The van der Waals surface area contributed by atoms with E-state index in [2.05, 4.69) is 18.1 Å². The first-order chi connectivity index (χ1) is 4.52. The second-order valence-electron chi connectivity index (χ2n) is 2.88. The number of nitrogens with one attached hydrogen (secondary N) is 1. The first-order valence-electron chi connectivity index (χ1n) is 3.07. The lowest BCUT2D eigenvalue weighted by molar-refractivity contribution is 0.378. The normalized spacial score (nSPS) is 14.3. The van der Waals surface area contributed by atoms with Gasteiger partial charge in [0.2, 0.25) is 0 Å². The van der Waals surface area contributed by atoms with Crippen molar-refractivity contribution in [3.8, 4) is 6.07 Å². The van der Waals surface area contributed by atoms with E-state index in [9.17, 15) is 0 Å². The van der Waals surface area contributed by atoms with Crippen LogP contribution in [0.3, 0.4) is 0 Å². The van der Waals surface area contributed by atoms with E-state index in [1.807, 2.05) is 19.9 Å². The van der Waals surface area contributed by atoms with Gasteiger partial charge in [-0.15, -0.1) is 0 Å². The first-order valence-corrected chi connectivity index (χ1v) is 3.59. The third-order valence-corrected chi connectivity index (χ3v) is 1.54. The van der Waals surface area contributed by atoms with Crippen molar-refractivity contribution in [3.05, 3.63) is 0 Å². The number of rotatable bonds is 3. The molecule has 0 fully saturated rings. The van der Waals surface area contributed by atoms with Gasteiger partial charge in [0, 0.05) is 5.54 Å². The van der Waals surface area contributed by atoms with E-state index in [1.165, 1.54) is 0 Å². The van der Waals surface area contributed by atoms with Crippen LogP contribution in [-0.2, 0) is 0 Å². The summed E-state index contributed by atoms with van der Waals surface area (Å²) >= 11 is 4.02. The van der Waals surface area contributed by atoms with E-state index in [4.69, 9.17) is 11.1 Å². The summed E-state index contributed by atoms with van der Waals surface area (Å²) in [7, 11) is 0. The van der Waals surface area contributed by atoms with Gasteiger partial charge in [0.15, 0.2) is 0 Å². The van der Waals surface area contributed by atoms with E-state index in [0.717, 1.165) is 0 Å². The van der Waals surface area contributed by atoms with E-state index < -0.39 is 0 Å². The summed E-state index contributed by atoms with van der Waals surface area (Å²) in [6.45, 7) is 3.85. The highest BCUT2D eigenvalue weighted by molar-refractivity contribution is 7.81. The Hall–Kier alpha value is -0.240. The fourth-order valence-corrected chi connectivity index (χ4v) is 1.04. The van der Waals surface area contributed by atoms with Gasteiger partial charge in [-0.25, -0.2) is 0 Å². The molecule has 0 aromatic heterocycles. The molecule has 0 aromatic rings. The highest BCUT2D eigenvalue weighted by atomic mass is 32.1. The number of hydrogen-bond donors (Lipinski definition) is 3. The van der Waals surface area contributed by atoms with Crippen molar-refractivity contribution in [1.29, 1.82) is 5.26 Å². The van der Waals surface area contributed by atoms with Crippen LogP contribution in [0, 0.1) is 11.3 Å². The molecule has 58 valence electrons. The van der Waals surface area contributed by atoms with Gasteiger partial charge in [0.05, 0.1) is 11.3 Å². The minimum Gasteiger partial charge on any atom is -0.271 e. The predicted molar refractivity (Wildman–Crippen MR) is 44.4 cm³/mol. The third kappa shape index (κ3) is 3.72. The van der Waals surface area contributed by atoms with Gasteiger partial charge in [0.25, 0.3) is 0 Å². The lowest BCUT2D eigenvalue weighted by atomic mass is 10.00. The summed E-state index contributed by atoms with van der Waals surface area (Å²) in [4.78, 5) is 0. The molecule has 1 unspecified atom stereocenters. The quantitative estimate of drug-likeness (QED) is 0.318. The van der Waals surface area contributed by atoms with E-state index in [0.29, 0.717) is 6.42 Å². The molecule has 0 aromatic carbocycles. The summed E-state index contributed by atoms with van der Waals surface area (Å²) in [5, 5.41) is 8.15. The van der Waals surface area contributed by atoms with Gasteiger partial charge in [-0.2, -0.15) is 17.9 Å². The minimum atomic E-state index is -0.244. The Morgan fingerprint density at radius 2 is 2.30 bits per heavy atom. The molecule has 1 atom stereocenters. The Morgan fingerprint density at radius 3 is 2.60 bits per heavy atom. The number of nitrogens with two attached hydrogens (primary N) is 1. The average molecular weight is 159 g/mol. The molecule has 3 N–H and O–H groups in total. The third-order valence-electron chi connectivity index (χ3n) is 1.24. The molecule has 0 saturated carbocycles. The zero-order valence-corrected chi connectivity index (χ0v) is 7.15. The van der Waals surface area contributed by atoms with Gasteiger partial charge < -0.3 is 0 Å². The molecule has 0 amide bonds. The molecule has 0 rings (SSSR count). The number of thiol groups is 1. The van der Waals surface area contributed by atoms with Crippen LogP contribution in [-0.4, -0.2) is 10.8 Å². The average Bonchev–Trinajstić information content (AvgIpc) is 1.87. The van der Waals surface area contributed by atoms with Crippen LogP contribution in [0.5, 0.6) is 0 Å². The maximum Gasteiger partial charge on any atom is 0.0904 e. The Labute approximate surface area is 67.0 Å². The first kappa shape index (κ1) is 9.76. The second kappa shape index (κ2) is 3.81. The van der Waals surface area contributed by atoms with Crippen LogP contribution in [0.4, 0.5) is 0 Å². The van der Waals surface area contributed by atoms with Crippen molar-refractivity contribution in [3.63, 3.8) is 0 Å². The Kier molecular flexibility index (Phi) is 3.72. The van der Waals surface area contributed by atoms with Crippen LogP contribution >= 0.6 is 12.6 Å². The maximum absolute atomic E-state index is 8.40. The van der Waals surface area contributed by atoms with Crippen molar-refractivity contribution < 1.29 is 0 Å². The van der Waals surface area contributed by atoms with E-state index in [-0.39, 0.29) is 10.8 Å². The Bertz CT molecular complexity index is 138. The zero-order valence-electron chi connectivity index (χ0n) is 6.26. The van der Waals surface area contributed by atoms with Crippen molar-refractivity contribution in [2.45, 2.75) is 31.1 Å². The molecular weight excluding hydrogens is 146 g/mol. The highest BCUT2D eigenvalue weighted by Gasteiger charge is 2.18. The molecule has 0 spiro atoms. The van der Waals surface area contributed by atoms with E-state index in [1.54, 1.807) is 0 Å². The molecule has 0 radical (unpaired) electrons. The molecule has 0 heterocycles. The summed E-state index contributed by atoms with van der Waals surface area (Å²) in [5.41, 5.74) is 2.40. The molecule has 0 saturated heterocycles. The van der Waals surface area contributed by atoms with E-state index >= 15 is 0 Å². The molecule has 0 aliphatic heterocycles. The van der Waals surface area contributed by atoms with Gasteiger partial charge in [0.1, 0.15) is 0 Å². The molecule has 4 heteroatoms. The minimum absolute atomic E-state index is 0.206. The van der Waals surface area contributed by atoms with Crippen LogP contribution < -0.4 is 11.3 Å². The molecule has 0 bridgehead atoms. The van der Waals surface area contributed by atoms with Gasteiger partial charge >= 0.3 is 0 Å². The molecular formula is C6H13N3S. The fraction of sp³-hybridized carbons (Fsp3) is 0.833. The molecule has 0 aliphatic rings. The summed E-state index contributed by atoms with van der Waals surface area (Å²) < 4.78 is 0. The molecule has 10 heavy (non-hydrogen) atoms. The fourth-order valence-electron chi connectivity index (χ4n) is 0.588. The monoisotopic (exact) mass is 159 g/mol.